The van der Waals surface area contributed by atoms with E-state index in [9.17, 15) is 4.79 Å². The van der Waals surface area contributed by atoms with Crippen molar-refractivity contribution < 1.29 is 14.3 Å². The Hall–Kier alpha value is -1.55. The number of carbonyl (C=O) groups is 1. The molecule has 0 atom stereocenters. The molecule has 4 heteroatoms. The fraction of sp³-hybridized carbons (Fsp3) is 0.500. The minimum atomic E-state index is -0.136. The summed E-state index contributed by atoms with van der Waals surface area (Å²) in [5.74, 6) is 0.567. The molecule has 0 heterocycles. The monoisotopic (exact) mass is 251 g/mol. The zero-order valence-corrected chi connectivity index (χ0v) is 11.2. The number of rotatable bonds is 7. The van der Waals surface area contributed by atoms with Gasteiger partial charge in [0.25, 0.3) is 5.91 Å². The van der Waals surface area contributed by atoms with E-state index < -0.39 is 0 Å². The van der Waals surface area contributed by atoms with Gasteiger partial charge in [-0.05, 0) is 32.9 Å². The van der Waals surface area contributed by atoms with Crippen LogP contribution in [-0.4, -0.2) is 31.8 Å². The van der Waals surface area contributed by atoms with Gasteiger partial charge in [-0.15, -0.1) is 0 Å². The fourth-order valence-electron chi connectivity index (χ4n) is 1.32. The van der Waals surface area contributed by atoms with E-state index in [1.165, 1.54) is 0 Å². The summed E-state index contributed by atoms with van der Waals surface area (Å²) in [4.78, 5) is 11.4. The van der Waals surface area contributed by atoms with Crippen molar-refractivity contribution in [2.24, 2.45) is 0 Å². The molecule has 0 spiro atoms. The van der Waals surface area contributed by atoms with E-state index in [2.05, 4.69) is 5.32 Å². The van der Waals surface area contributed by atoms with E-state index in [0.29, 0.717) is 18.9 Å². The first-order valence-corrected chi connectivity index (χ1v) is 6.15. The number of carbonyl (C=O) groups excluding carboxylic acids is 1. The maximum Gasteiger partial charge on any atom is 0.258 e. The van der Waals surface area contributed by atoms with Crippen LogP contribution in [0.3, 0.4) is 0 Å². The molecule has 0 aliphatic rings. The summed E-state index contributed by atoms with van der Waals surface area (Å²) in [5, 5.41) is 2.73. The van der Waals surface area contributed by atoms with Crippen LogP contribution in [0.1, 0.15) is 19.4 Å². The third kappa shape index (κ3) is 6.25. The van der Waals surface area contributed by atoms with E-state index in [-0.39, 0.29) is 18.6 Å². The molecule has 1 aromatic rings. The Labute approximate surface area is 108 Å². The molecule has 0 unspecified atom stereocenters. The zero-order valence-electron chi connectivity index (χ0n) is 11.2. The highest BCUT2D eigenvalue weighted by Gasteiger charge is 2.02. The summed E-state index contributed by atoms with van der Waals surface area (Å²) in [7, 11) is 0. The number of aryl methyl sites for hydroxylation is 1. The first-order valence-electron chi connectivity index (χ1n) is 6.15. The highest BCUT2D eigenvalue weighted by Crippen LogP contribution is 2.10. The van der Waals surface area contributed by atoms with Crippen LogP contribution in [0.15, 0.2) is 24.3 Å². The largest absolute Gasteiger partial charge is 0.484 e. The molecule has 0 fully saturated rings. The van der Waals surface area contributed by atoms with Crippen molar-refractivity contribution in [3.8, 4) is 5.75 Å². The number of amides is 1. The van der Waals surface area contributed by atoms with Crippen LogP contribution < -0.4 is 10.1 Å². The number of ether oxygens (including phenoxy) is 2. The summed E-state index contributed by atoms with van der Waals surface area (Å²) in [6.45, 7) is 6.99. The highest BCUT2D eigenvalue weighted by atomic mass is 16.5. The SMILES string of the molecule is Cc1ccc(OCC(=O)NCCOC(C)C)cc1. The summed E-state index contributed by atoms with van der Waals surface area (Å²) in [5.41, 5.74) is 1.16. The van der Waals surface area contributed by atoms with Gasteiger partial charge in [-0.3, -0.25) is 4.79 Å². The maximum absolute atomic E-state index is 11.4. The number of benzene rings is 1. The predicted octanol–water partition coefficient (Wildman–Crippen LogP) is 1.92. The van der Waals surface area contributed by atoms with Gasteiger partial charge in [0, 0.05) is 6.54 Å². The number of nitrogens with one attached hydrogen (secondary N) is 1. The van der Waals surface area contributed by atoms with Gasteiger partial charge in [-0.2, -0.15) is 0 Å². The minimum absolute atomic E-state index is 0.0325. The van der Waals surface area contributed by atoms with Crippen molar-refractivity contribution in [3.63, 3.8) is 0 Å². The molecule has 1 amide bonds. The molecule has 1 rings (SSSR count). The lowest BCUT2D eigenvalue weighted by atomic mass is 10.2. The van der Waals surface area contributed by atoms with Crippen LogP contribution in [0.2, 0.25) is 0 Å². The molecule has 0 aliphatic heterocycles. The van der Waals surface area contributed by atoms with Crippen LogP contribution in [0, 0.1) is 6.92 Å². The van der Waals surface area contributed by atoms with E-state index in [0.717, 1.165) is 5.56 Å². The van der Waals surface area contributed by atoms with Gasteiger partial charge in [0.1, 0.15) is 5.75 Å². The van der Waals surface area contributed by atoms with Crippen LogP contribution in [0.25, 0.3) is 0 Å². The second-order valence-electron chi connectivity index (χ2n) is 4.37. The first-order chi connectivity index (χ1) is 8.58. The topological polar surface area (TPSA) is 47.6 Å². The van der Waals surface area contributed by atoms with Gasteiger partial charge in [0.15, 0.2) is 6.61 Å². The molecule has 1 aromatic carbocycles. The van der Waals surface area contributed by atoms with E-state index in [4.69, 9.17) is 9.47 Å². The maximum atomic E-state index is 11.4. The average Bonchev–Trinajstić information content (AvgIpc) is 2.34. The van der Waals surface area contributed by atoms with Gasteiger partial charge in [-0.1, -0.05) is 17.7 Å². The smallest absolute Gasteiger partial charge is 0.258 e. The Morgan fingerprint density at radius 3 is 2.56 bits per heavy atom. The van der Waals surface area contributed by atoms with E-state index in [1.807, 2.05) is 45.0 Å². The zero-order chi connectivity index (χ0) is 13.4. The van der Waals surface area contributed by atoms with Crippen LogP contribution in [0.4, 0.5) is 0 Å². The molecule has 18 heavy (non-hydrogen) atoms. The van der Waals surface area contributed by atoms with Crippen LogP contribution in [0.5, 0.6) is 5.75 Å². The molecule has 4 nitrogen and oxygen atoms in total. The lowest BCUT2D eigenvalue weighted by Gasteiger charge is -2.09. The standard InChI is InChI=1S/C14H21NO3/c1-11(2)17-9-8-15-14(16)10-18-13-6-4-12(3)5-7-13/h4-7,11H,8-10H2,1-3H3,(H,15,16). The lowest BCUT2D eigenvalue weighted by Crippen LogP contribution is -2.32. The average molecular weight is 251 g/mol. The summed E-state index contributed by atoms with van der Waals surface area (Å²) >= 11 is 0. The molecule has 0 radical (unpaired) electrons. The Morgan fingerprint density at radius 2 is 1.94 bits per heavy atom. The van der Waals surface area contributed by atoms with Gasteiger partial charge >= 0.3 is 0 Å². The summed E-state index contributed by atoms with van der Waals surface area (Å²) in [6, 6.07) is 7.60. The van der Waals surface area contributed by atoms with E-state index in [1.54, 1.807) is 0 Å². The van der Waals surface area contributed by atoms with E-state index >= 15 is 0 Å². The van der Waals surface area contributed by atoms with Crippen molar-refractivity contribution in [3.05, 3.63) is 29.8 Å². The van der Waals surface area contributed by atoms with Crippen molar-refractivity contribution in [2.45, 2.75) is 26.9 Å². The predicted molar refractivity (Wildman–Crippen MR) is 70.8 cm³/mol. The Bertz CT molecular complexity index is 360. The summed E-state index contributed by atoms with van der Waals surface area (Å²) < 4.78 is 10.7. The molecule has 100 valence electrons. The Balaban J connectivity index is 2.15. The number of hydrogen-bond acceptors (Lipinski definition) is 3. The second-order valence-corrected chi connectivity index (χ2v) is 4.37. The molecule has 1 N–H and O–H groups in total. The van der Waals surface area contributed by atoms with Crippen molar-refractivity contribution in [2.75, 3.05) is 19.8 Å². The Kier molecular flexibility index (Phi) is 6.22. The van der Waals surface area contributed by atoms with Gasteiger partial charge in [0.2, 0.25) is 0 Å². The molecule has 0 aliphatic carbocycles. The third-order valence-corrected chi connectivity index (χ3v) is 2.27. The normalized spacial score (nSPS) is 10.4. The molecule has 0 aromatic heterocycles. The minimum Gasteiger partial charge on any atom is -0.484 e. The fourth-order valence-corrected chi connectivity index (χ4v) is 1.32. The van der Waals surface area contributed by atoms with Gasteiger partial charge in [-0.25, -0.2) is 0 Å². The molecule has 0 saturated heterocycles. The third-order valence-electron chi connectivity index (χ3n) is 2.27. The van der Waals surface area contributed by atoms with Crippen LogP contribution >= 0.6 is 0 Å². The second kappa shape index (κ2) is 7.71. The number of hydrogen-bond donors (Lipinski definition) is 1. The molecular weight excluding hydrogens is 230 g/mol. The lowest BCUT2D eigenvalue weighted by molar-refractivity contribution is -0.123. The molecule has 0 bridgehead atoms. The van der Waals surface area contributed by atoms with Crippen molar-refractivity contribution >= 4 is 5.91 Å². The van der Waals surface area contributed by atoms with Gasteiger partial charge < -0.3 is 14.8 Å². The molecule has 0 saturated carbocycles. The van der Waals surface area contributed by atoms with Gasteiger partial charge in [0.05, 0.1) is 12.7 Å². The quantitative estimate of drug-likeness (QED) is 0.753. The Morgan fingerprint density at radius 1 is 1.28 bits per heavy atom. The van der Waals surface area contributed by atoms with Crippen LogP contribution in [-0.2, 0) is 9.53 Å². The molecular formula is C14H21NO3. The van der Waals surface area contributed by atoms with Crippen molar-refractivity contribution in [1.82, 2.24) is 5.32 Å². The summed E-state index contributed by atoms with van der Waals surface area (Å²) in [6.07, 6.45) is 0.186. The van der Waals surface area contributed by atoms with Crippen molar-refractivity contribution in [1.29, 1.82) is 0 Å². The highest BCUT2D eigenvalue weighted by molar-refractivity contribution is 5.77. The first kappa shape index (κ1) is 14.5.